The van der Waals surface area contributed by atoms with Gasteiger partial charge in [-0.05, 0) is 18.4 Å². The Hall–Kier alpha value is -2.50. The Labute approximate surface area is 126 Å². The summed E-state index contributed by atoms with van der Waals surface area (Å²) < 4.78 is 4.82. The maximum Gasteiger partial charge on any atom is 0.320 e. The molecule has 0 saturated carbocycles. The lowest BCUT2D eigenvalue weighted by atomic mass is 9.62. The number of ether oxygens (including phenoxy) is 1. The summed E-state index contributed by atoms with van der Waals surface area (Å²) in [7, 11) is 1.19. The number of imide groups is 1. The quantitative estimate of drug-likeness (QED) is 0.492. The molecule has 1 heterocycles. The van der Waals surface area contributed by atoms with Crippen LogP contribution in [0.5, 0.6) is 0 Å². The molecule has 3 rings (SSSR count). The summed E-state index contributed by atoms with van der Waals surface area (Å²) in [5.74, 6) is -3.24. The summed E-state index contributed by atoms with van der Waals surface area (Å²) >= 11 is 0. The fourth-order valence-electron chi connectivity index (χ4n) is 3.45. The van der Waals surface area contributed by atoms with Crippen LogP contribution in [-0.4, -0.2) is 30.7 Å². The SMILES string of the molecule is COC(=O)[C@]1([C@@H]2CC(=O)NC2=O)CCc2ccccc2C1=O. The number of esters is 1. The maximum atomic E-state index is 13.0. The van der Waals surface area contributed by atoms with Crippen LogP contribution in [0.25, 0.3) is 0 Å². The Morgan fingerprint density at radius 3 is 2.64 bits per heavy atom. The maximum absolute atomic E-state index is 13.0. The number of amides is 2. The third-order valence-corrected chi connectivity index (χ3v) is 4.57. The highest BCUT2D eigenvalue weighted by molar-refractivity contribution is 6.19. The fraction of sp³-hybridized carbons (Fsp3) is 0.375. The van der Waals surface area contributed by atoms with Gasteiger partial charge >= 0.3 is 5.97 Å². The smallest absolute Gasteiger partial charge is 0.320 e. The Morgan fingerprint density at radius 1 is 1.27 bits per heavy atom. The highest BCUT2D eigenvalue weighted by atomic mass is 16.5. The molecule has 2 atom stereocenters. The Balaban J connectivity index is 2.13. The Morgan fingerprint density at radius 2 is 2.00 bits per heavy atom. The molecule has 1 aromatic rings. The molecule has 1 saturated heterocycles. The number of hydrogen-bond acceptors (Lipinski definition) is 5. The highest BCUT2D eigenvalue weighted by Gasteiger charge is 2.59. The molecule has 22 heavy (non-hydrogen) atoms. The van der Waals surface area contributed by atoms with E-state index in [2.05, 4.69) is 5.32 Å². The molecule has 1 aliphatic carbocycles. The van der Waals surface area contributed by atoms with E-state index in [1.165, 1.54) is 7.11 Å². The number of nitrogens with one attached hydrogen (secondary N) is 1. The second kappa shape index (κ2) is 5.05. The van der Waals surface area contributed by atoms with E-state index in [0.29, 0.717) is 12.0 Å². The molecule has 0 radical (unpaired) electrons. The van der Waals surface area contributed by atoms with Gasteiger partial charge in [0, 0.05) is 12.0 Å². The van der Waals surface area contributed by atoms with Gasteiger partial charge in [0.25, 0.3) is 0 Å². The molecular formula is C16H15NO5. The van der Waals surface area contributed by atoms with Gasteiger partial charge in [-0.15, -0.1) is 0 Å². The van der Waals surface area contributed by atoms with E-state index in [1.54, 1.807) is 12.1 Å². The molecular weight excluding hydrogens is 286 g/mol. The number of carbonyl (C=O) groups is 4. The number of ketones is 1. The molecule has 1 aromatic carbocycles. The van der Waals surface area contributed by atoms with Gasteiger partial charge in [0.2, 0.25) is 11.8 Å². The van der Waals surface area contributed by atoms with Crippen LogP contribution in [0.15, 0.2) is 24.3 Å². The van der Waals surface area contributed by atoms with Crippen LogP contribution in [0, 0.1) is 11.3 Å². The highest BCUT2D eigenvalue weighted by Crippen LogP contribution is 2.45. The molecule has 2 aliphatic rings. The second-order valence-corrected chi connectivity index (χ2v) is 5.62. The van der Waals surface area contributed by atoms with Gasteiger partial charge in [-0.1, -0.05) is 24.3 Å². The van der Waals surface area contributed by atoms with Crippen molar-refractivity contribution in [2.24, 2.45) is 11.3 Å². The summed E-state index contributed by atoms with van der Waals surface area (Å²) in [4.78, 5) is 49.0. The number of aryl methyl sites for hydroxylation is 1. The first kappa shape index (κ1) is 14.4. The van der Waals surface area contributed by atoms with Crippen molar-refractivity contribution in [1.82, 2.24) is 5.32 Å². The lowest BCUT2D eigenvalue weighted by Crippen LogP contribution is -2.51. The van der Waals surface area contributed by atoms with E-state index >= 15 is 0 Å². The summed E-state index contributed by atoms with van der Waals surface area (Å²) in [5, 5.41) is 2.17. The molecule has 1 aliphatic heterocycles. The van der Waals surface area contributed by atoms with Gasteiger partial charge < -0.3 is 4.74 Å². The fourth-order valence-corrected chi connectivity index (χ4v) is 3.45. The minimum absolute atomic E-state index is 0.165. The first-order chi connectivity index (χ1) is 10.5. The number of rotatable bonds is 2. The van der Waals surface area contributed by atoms with Crippen LogP contribution in [0.3, 0.4) is 0 Å². The lowest BCUT2D eigenvalue weighted by Gasteiger charge is -2.36. The van der Waals surface area contributed by atoms with Gasteiger partial charge in [0.15, 0.2) is 5.78 Å². The molecule has 114 valence electrons. The number of benzene rings is 1. The molecule has 6 nitrogen and oxygen atoms in total. The first-order valence-electron chi connectivity index (χ1n) is 7.05. The normalized spacial score (nSPS) is 27.3. The molecule has 0 unspecified atom stereocenters. The van der Waals surface area contributed by atoms with Gasteiger partial charge in [-0.3, -0.25) is 24.5 Å². The van der Waals surface area contributed by atoms with Crippen LogP contribution in [0.4, 0.5) is 0 Å². The van der Waals surface area contributed by atoms with Crippen LogP contribution in [-0.2, 0) is 25.5 Å². The largest absolute Gasteiger partial charge is 0.468 e. The van der Waals surface area contributed by atoms with Gasteiger partial charge in [-0.25, -0.2) is 0 Å². The van der Waals surface area contributed by atoms with Crippen molar-refractivity contribution in [2.45, 2.75) is 19.3 Å². The number of Topliss-reactive ketones (excluding diaryl/α,β-unsaturated/α-hetero) is 1. The summed E-state index contributed by atoms with van der Waals surface area (Å²) in [6.45, 7) is 0. The van der Waals surface area contributed by atoms with Crippen molar-refractivity contribution >= 4 is 23.6 Å². The Bertz CT molecular complexity index is 696. The van der Waals surface area contributed by atoms with Crippen LogP contribution >= 0.6 is 0 Å². The average molecular weight is 301 g/mol. The lowest BCUT2D eigenvalue weighted by molar-refractivity contribution is -0.155. The van der Waals surface area contributed by atoms with Crippen molar-refractivity contribution in [3.05, 3.63) is 35.4 Å². The van der Waals surface area contributed by atoms with E-state index in [4.69, 9.17) is 4.74 Å². The molecule has 2 amide bonds. The van der Waals surface area contributed by atoms with E-state index in [-0.39, 0.29) is 12.8 Å². The molecule has 0 bridgehead atoms. The third kappa shape index (κ3) is 1.87. The summed E-state index contributed by atoms with van der Waals surface area (Å²) in [6.07, 6.45) is 0.484. The second-order valence-electron chi connectivity index (χ2n) is 5.62. The van der Waals surface area contributed by atoms with E-state index in [1.807, 2.05) is 12.1 Å². The number of carbonyl (C=O) groups excluding carboxylic acids is 4. The molecule has 0 spiro atoms. The third-order valence-electron chi connectivity index (χ3n) is 4.57. The van der Waals surface area contributed by atoms with E-state index in [9.17, 15) is 19.2 Å². The van der Waals surface area contributed by atoms with Crippen molar-refractivity contribution in [3.63, 3.8) is 0 Å². The molecule has 1 fully saturated rings. The topological polar surface area (TPSA) is 89.5 Å². The van der Waals surface area contributed by atoms with E-state index < -0.39 is 34.9 Å². The average Bonchev–Trinajstić information content (AvgIpc) is 2.86. The van der Waals surface area contributed by atoms with Crippen molar-refractivity contribution < 1.29 is 23.9 Å². The zero-order chi connectivity index (χ0) is 15.9. The Kier molecular flexibility index (Phi) is 3.31. The van der Waals surface area contributed by atoms with Crippen molar-refractivity contribution in [1.29, 1.82) is 0 Å². The first-order valence-corrected chi connectivity index (χ1v) is 7.05. The molecule has 0 aromatic heterocycles. The van der Waals surface area contributed by atoms with Crippen molar-refractivity contribution in [3.8, 4) is 0 Å². The predicted molar refractivity (Wildman–Crippen MR) is 74.8 cm³/mol. The van der Waals surface area contributed by atoms with Crippen LogP contribution in [0.2, 0.25) is 0 Å². The van der Waals surface area contributed by atoms with E-state index in [0.717, 1.165) is 5.56 Å². The molecule has 1 N–H and O–H groups in total. The summed E-state index contributed by atoms with van der Waals surface area (Å²) in [5.41, 5.74) is -0.345. The van der Waals surface area contributed by atoms with Gasteiger partial charge in [0.05, 0.1) is 13.0 Å². The minimum atomic E-state index is -1.61. The van der Waals surface area contributed by atoms with Crippen molar-refractivity contribution in [2.75, 3.05) is 7.11 Å². The van der Waals surface area contributed by atoms with Gasteiger partial charge in [-0.2, -0.15) is 0 Å². The number of fused-ring (bicyclic) bond motifs is 1. The zero-order valence-electron chi connectivity index (χ0n) is 12.0. The monoisotopic (exact) mass is 301 g/mol. The standard InChI is InChI=1S/C16H15NO5/c1-22-15(21)16(11-8-12(18)17-14(11)20)7-6-9-4-2-3-5-10(9)13(16)19/h2-5,11H,6-8H2,1H3,(H,17,18,20)/t11-,16+/m1/s1. The van der Waals surface area contributed by atoms with Crippen LogP contribution in [0.1, 0.15) is 28.8 Å². The predicted octanol–water partition coefficient (Wildman–Crippen LogP) is 0.638. The van der Waals surface area contributed by atoms with Crippen LogP contribution < -0.4 is 5.32 Å². The number of hydrogen-bond donors (Lipinski definition) is 1. The zero-order valence-corrected chi connectivity index (χ0v) is 12.0. The van der Waals surface area contributed by atoms with Gasteiger partial charge in [0.1, 0.15) is 5.41 Å². The summed E-state index contributed by atoms with van der Waals surface area (Å²) in [6, 6.07) is 7.00. The minimum Gasteiger partial charge on any atom is -0.468 e. The molecule has 6 heteroatoms. The number of methoxy groups -OCH3 is 1.